The Labute approximate surface area is 422 Å². The van der Waals surface area contributed by atoms with Gasteiger partial charge in [0.15, 0.2) is 5.58 Å². The third-order valence-corrected chi connectivity index (χ3v) is 17.5. The Balaban J connectivity index is 0.000000189. The number of hydrogen-bond acceptors (Lipinski definition) is 5. The summed E-state index contributed by atoms with van der Waals surface area (Å²) in [6.45, 7) is 5.68. The predicted octanol–water partition coefficient (Wildman–Crippen LogP) is 15.9. The molecular formula is C59H49FGeIrN4OS-2. The van der Waals surface area contributed by atoms with Gasteiger partial charge in [-0.25, -0.2) is 9.37 Å². The minimum absolute atomic E-state index is 0. The average molecular weight is 1150 g/mol. The van der Waals surface area contributed by atoms with E-state index in [0.717, 1.165) is 102 Å². The standard InChI is InChI=1S/C39H21FN3OS.C20H28GeN.Ir/c1-21-13-16-32(36-35(21)27-9-4-5-12-34(27)44-36)43-33-20-23-8-3-2-7-22(23)19-31(33)41-38(43)28-11-6-10-26-29-18-24-17-25(40)14-15-30(24)42-39(29)45-37(26)28;1-15-8-10-16(11-9-15)19-12-17(13-20(2,3)4)18(14-22-19)21(5,6)7;/h2-10,12-20H,1H3;8-10,12,14H,13H2,1-7H3;/q2*-1;/i;1D3,13D2;. The molecule has 339 valence electrons. The fourth-order valence-electron chi connectivity index (χ4n) is 9.09. The molecule has 12 aromatic rings. The predicted molar refractivity (Wildman–Crippen MR) is 282 cm³/mol. The van der Waals surface area contributed by atoms with Crippen molar-refractivity contribution in [3.8, 4) is 28.3 Å². The van der Waals surface area contributed by atoms with E-state index in [1.165, 1.54) is 12.1 Å². The quantitative estimate of drug-likeness (QED) is 0.127. The van der Waals surface area contributed by atoms with Crippen LogP contribution in [-0.2, 0) is 26.5 Å². The first kappa shape index (κ1) is 39.9. The molecule has 1 radical (unpaired) electrons. The van der Waals surface area contributed by atoms with Crippen LogP contribution in [0.25, 0.3) is 103 Å². The Morgan fingerprint density at radius 1 is 0.809 bits per heavy atom. The summed E-state index contributed by atoms with van der Waals surface area (Å²) in [4.78, 5) is 15.7. The molecule has 0 saturated heterocycles. The molecule has 0 unspecified atom stereocenters. The van der Waals surface area contributed by atoms with E-state index < -0.39 is 31.9 Å². The van der Waals surface area contributed by atoms with Crippen LogP contribution >= 0.6 is 11.3 Å². The third-order valence-electron chi connectivity index (χ3n) is 12.2. The van der Waals surface area contributed by atoms with E-state index >= 15 is 0 Å². The van der Waals surface area contributed by atoms with Crippen molar-refractivity contribution >= 4 is 104 Å². The maximum atomic E-state index is 14.1. The van der Waals surface area contributed by atoms with Gasteiger partial charge in [0, 0.05) is 41.7 Å². The van der Waals surface area contributed by atoms with Crippen LogP contribution in [0.3, 0.4) is 0 Å². The summed E-state index contributed by atoms with van der Waals surface area (Å²) in [6.07, 6.45) is 0.303. The zero-order chi connectivity index (χ0) is 50.6. The number of hydrogen-bond donors (Lipinski definition) is 0. The number of benzene rings is 7. The van der Waals surface area contributed by atoms with Crippen molar-refractivity contribution in [2.24, 2.45) is 5.41 Å². The van der Waals surface area contributed by atoms with Gasteiger partial charge in [0.05, 0.1) is 28.1 Å². The Kier molecular flexibility index (Phi) is 10.3. The fourth-order valence-corrected chi connectivity index (χ4v) is 13.2. The number of furan rings is 1. The molecule has 68 heavy (non-hydrogen) atoms. The molecule has 12 rings (SSSR count). The zero-order valence-corrected chi connectivity index (χ0v) is 43.9. The molecule has 0 amide bonds. The van der Waals surface area contributed by atoms with Gasteiger partial charge in [-0.2, -0.15) is 11.3 Å². The summed E-state index contributed by atoms with van der Waals surface area (Å²) in [6, 6.07) is 49.1. The molecule has 5 heterocycles. The molecule has 5 nitrogen and oxygen atoms in total. The van der Waals surface area contributed by atoms with Crippen molar-refractivity contribution in [1.29, 1.82) is 0 Å². The number of pyridine rings is 2. The van der Waals surface area contributed by atoms with Crippen molar-refractivity contribution in [1.82, 2.24) is 19.5 Å². The van der Waals surface area contributed by atoms with Gasteiger partial charge >= 0.3 is 145 Å². The number of aromatic nitrogens is 4. The summed E-state index contributed by atoms with van der Waals surface area (Å²) < 4.78 is 65.1. The second-order valence-corrected chi connectivity index (χ2v) is 30.8. The SMILES string of the molecule is Cc1ccc(-n2c(-c3[c-]ccc4c3sc3nc5ccc(F)cc5cc34)nc3cc4ccccc4cc32)c2oc3ccccc3c12.[2H]C([2H])([2H])c1c[c-]c(-c2cc(C([2H])([2H])C(C)(C)C)[c]([Ge]([CH3])([CH3])[CH3])cn2)cc1.[Ir]. The molecule has 0 saturated carbocycles. The molecule has 5 aromatic heterocycles. The largest absolute Gasteiger partial charge is 0 e. The van der Waals surface area contributed by atoms with Gasteiger partial charge in [0.2, 0.25) is 0 Å². The van der Waals surface area contributed by atoms with Crippen LogP contribution in [0.15, 0.2) is 144 Å². The maximum absolute atomic E-state index is 14.1. The van der Waals surface area contributed by atoms with Crippen molar-refractivity contribution in [2.75, 3.05) is 0 Å². The number of aryl methyl sites for hydroxylation is 2. The first-order valence-electron chi connectivity index (χ1n) is 24.9. The van der Waals surface area contributed by atoms with Crippen molar-refractivity contribution < 1.29 is 35.8 Å². The minimum Gasteiger partial charge on any atom is 0 e. The van der Waals surface area contributed by atoms with Crippen LogP contribution in [0.5, 0.6) is 0 Å². The van der Waals surface area contributed by atoms with E-state index in [1.807, 2.05) is 57.3 Å². The first-order valence-corrected chi connectivity index (χ1v) is 30.5. The molecule has 0 fully saturated rings. The fraction of sp³-hybridized carbons (Fsp3) is 0.169. The normalized spacial score (nSPS) is 13.6. The van der Waals surface area contributed by atoms with Gasteiger partial charge in [-0.1, -0.05) is 59.5 Å². The van der Waals surface area contributed by atoms with Gasteiger partial charge in [0.25, 0.3) is 0 Å². The Morgan fingerprint density at radius 3 is 2.37 bits per heavy atom. The van der Waals surface area contributed by atoms with Crippen LogP contribution in [0.2, 0.25) is 17.3 Å². The number of fused-ring (bicyclic) bond motifs is 9. The second kappa shape index (κ2) is 17.5. The van der Waals surface area contributed by atoms with Gasteiger partial charge in [0.1, 0.15) is 16.2 Å². The molecular weight excluding hydrogens is 1100 g/mol. The molecule has 0 aliphatic heterocycles. The smallest absolute Gasteiger partial charge is 0 e. The Morgan fingerprint density at radius 2 is 1.60 bits per heavy atom. The molecule has 7 aromatic carbocycles. The van der Waals surface area contributed by atoms with Crippen molar-refractivity contribution in [2.45, 2.75) is 58.2 Å². The molecule has 0 aliphatic rings. The summed E-state index contributed by atoms with van der Waals surface area (Å²) >= 11 is -0.740. The number of para-hydroxylation sites is 1. The number of rotatable bonds is 5. The van der Waals surface area contributed by atoms with Gasteiger partial charge in [-0.15, -0.1) is 18.2 Å². The average Bonchev–Trinajstić information content (AvgIpc) is 4.03. The summed E-state index contributed by atoms with van der Waals surface area (Å²) in [5, 5.41) is 7.28. The van der Waals surface area contributed by atoms with Crippen LogP contribution in [0.1, 0.15) is 44.3 Å². The molecule has 9 heteroatoms. The molecule has 0 atom stereocenters. The first-order chi connectivity index (χ1) is 34.2. The van der Waals surface area contributed by atoms with Crippen molar-refractivity contribution in [3.05, 3.63) is 174 Å². The van der Waals surface area contributed by atoms with Gasteiger partial charge < -0.3 is 8.98 Å². The van der Waals surface area contributed by atoms with E-state index in [2.05, 4.69) is 113 Å². The monoisotopic (exact) mass is 1150 g/mol. The van der Waals surface area contributed by atoms with Crippen LogP contribution in [-0.4, -0.2) is 32.8 Å². The Hall–Kier alpha value is -6.03. The molecule has 0 N–H and O–H groups in total. The number of halogens is 1. The molecule has 0 aliphatic carbocycles. The van der Waals surface area contributed by atoms with Gasteiger partial charge in [-0.05, 0) is 76.5 Å². The summed E-state index contributed by atoms with van der Waals surface area (Å²) in [5.41, 5.74) is 8.93. The molecule has 0 bridgehead atoms. The topological polar surface area (TPSA) is 56.7 Å². The Bertz CT molecular complexity index is 4130. The van der Waals surface area contributed by atoms with E-state index in [4.69, 9.17) is 21.2 Å². The summed E-state index contributed by atoms with van der Waals surface area (Å²) in [7, 11) is 0. The van der Waals surface area contributed by atoms with E-state index in [9.17, 15) is 4.39 Å². The van der Waals surface area contributed by atoms with Crippen LogP contribution in [0.4, 0.5) is 4.39 Å². The second-order valence-electron chi connectivity index (χ2n) is 19.3. The number of thiophene rings is 1. The van der Waals surface area contributed by atoms with Crippen molar-refractivity contribution in [3.63, 3.8) is 0 Å². The minimum atomic E-state index is -2.36. The zero-order valence-electron chi connectivity index (χ0n) is 43.6. The van der Waals surface area contributed by atoms with E-state index in [0.29, 0.717) is 16.8 Å². The third kappa shape index (κ3) is 8.36. The van der Waals surface area contributed by atoms with Gasteiger partial charge in [-0.3, -0.25) is 4.98 Å². The van der Waals surface area contributed by atoms with Crippen LogP contribution < -0.4 is 4.40 Å². The van der Waals surface area contributed by atoms with E-state index in [1.54, 1.807) is 35.6 Å². The van der Waals surface area contributed by atoms with Crippen LogP contribution in [0, 0.1) is 37.1 Å². The number of nitrogens with zero attached hydrogens (tertiary/aromatic N) is 4. The maximum Gasteiger partial charge on any atom is 0 e. The molecule has 0 spiro atoms. The summed E-state index contributed by atoms with van der Waals surface area (Å²) in [5.74, 6) is 7.20. The number of imidazole rings is 1. The van der Waals surface area contributed by atoms with E-state index in [-0.39, 0.29) is 31.5 Å².